The van der Waals surface area contributed by atoms with Crippen molar-refractivity contribution >= 4 is 10.9 Å². The third kappa shape index (κ3) is 2.82. The molecule has 1 heterocycles. The Morgan fingerprint density at radius 3 is 2.54 bits per heavy atom. The Morgan fingerprint density at radius 1 is 0.875 bits per heavy atom. The molecule has 3 nitrogen and oxygen atoms in total. The van der Waals surface area contributed by atoms with Crippen LogP contribution in [0.25, 0.3) is 16.6 Å². The Balaban J connectivity index is 1.66. The van der Waals surface area contributed by atoms with E-state index in [1.807, 2.05) is 83.7 Å². The summed E-state index contributed by atoms with van der Waals surface area (Å²) in [5.74, 6) is 0. The van der Waals surface area contributed by atoms with Crippen molar-refractivity contribution in [3.05, 3.63) is 96.2 Å². The Labute approximate surface area is 140 Å². The molecule has 0 aliphatic heterocycles. The fourth-order valence-corrected chi connectivity index (χ4v) is 3.00. The van der Waals surface area contributed by atoms with Crippen molar-refractivity contribution in [2.75, 3.05) is 0 Å². The van der Waals surface area contributed by atoms with Gasteiger partial charge < -0.3 is 5.11 Å². The summed E-state index contributed by atoms with van der Waals surface area (Å²) in [5, 5.41) is 16.2. The van der Waals surface area contributed by atoms with Crippen molar-refractivity contribution < 1.29 is 5.11 Å². The van der Waals surface area contributed by atoms with E-state index in [4.69, 9.17) is 0 Å². The predicted octanol–water partition coefficient (Wildman–Crippen LogP) is 4.30. The van der Waals surface area contributed by atoms with Gasteiger partial charge >= 0.3 is 0 Å². The first-order valence-electron chi connectivity index (χ1n) is 8.06. The third-order valence-corrected chi connectivity index (χ3v) is 4.25. The normalized spacial score (nSPS) is 12.4. The number of nitrogens with zero attached hydrogens (tertiary/aromatic N) is 2. The molecule has 1 atom stereocenters. The van der Waals surface area contributed by atoms with Crippen LogP contribution in [0.2, 0.25) is 0 Å². The molecule has 24 heavy (non-hydrogen) atoms. The number of fused-ring (bicyclic) bond motifs is 1. The average molecular weight is 314 g/mol. The molecule has 1 aromatic heterocycles. The van der Waals surface area contributed by atoms with Gasteiger partial charge in [0, 0.05) is 11.8 Å². The van der Waals surface area contributed by atoms with E-state index in [1.54, 1.807) is 0 Å². The summed E-state index contributed by atoms with van der Waals surface area (Å²) in [4.78, 5) is 0. The Hall–Kier alpha value is -2.91. The summed E-state index contributed by atoms with van der Waals surface area (Å²) >= 11 is 0. The van der Waals surface area contributed by atoms with Crippen LogP contribution in [0.3, 0.4) is 0 Å². The Bertz CT molecular complexity index is 960. The van der Waals surface area contributed by atoms with Gasteiger partial charge in [0.25, 0.3) is 0 Å². The minimum Gasteiger partial charge on any atom is -0.388 e. The zero-order valence-corrected chi connectivity index (χ0v) is 13.2. The van der Waals surface area contributed by atoms with Crippen molar-refractivity contribution in [3.63, 3.8) is 0 Å². The molecule has 4 aromatic rings. The van der Waals surface area contributed by atoms with Crippen LogP contribution >= 0.6 is 0 Å². The van der Waals surface area contributed by atoms with E-state index in [1.165, 1.54) is 0 Å². The van der Waals surface area contributed by atoms with E-state index in [0.29, 0.717) is 6.42 Å². The lowest BCUT2D eigenvalue weighted by Crippen LogP contribution is -2.04. The second-order valence-corrected chi connectivity index (χ2v) is 5.92. The molecular formula is C21H18N2O. The zero-order chi connectivity index (χ0) is 16.4. The maximum atomic E-state index is 10.6. The van der Waals surface area contributed by atoms with E-state index < -0.39 is 6.10 Å². The molecular weight excluding hydrogens is 296 g/mol. The van der Waals surface area contributed by atoms with E-state index in [0.717, 1.165) is 27.7 Å². The molecule has 118 valence electrons. The first-order valence-corrected chi connectivity index (χ1v) is 8.06. The number of aromatic nitrogens is 2. The lowest BCUT2D eigenvalue weighted by molar-refractivity contribution is 0.178. The Kier molecular flexibility index (Phi) is 3.85. The summed E-state index contributed by atoms with van der Waals surface area (Å²) < 4.78 is 1.91. The number of benzene rings is 3. The molecule has 0 radical (unpaired) electrons. The number of hydrogen-bond donors (Lipinski definition) is 1. The standard InChI is InChI=1S/C21H18N2O/c24-21(13-16-7-2-1-3-8-16)17-10-6-11-19(14-17)23-20-12-5-4-9-18(20)15-22-23/h1-12,14-15,21,24H,13H2. The monoisotopic (exact) mass is 314 g/mol. The van der Waals surface area contributed by atoms with Gasteiger partial charge in [0.1, 0.15) is 0 Å². The highest BCUT2D eigenvalue weighted by Gasteiger charge is 2.11. The second kappa shape index (κ2) is 6.30. The van der Waals surface area contributed by atoms with Gasteiger partial charge in [-0.15, -0.1) is 0 Å². The summed E-state index contributed by atoms with van der Waals surface area (Å²) in [7, 11) is 0. The highest BCUT2D eigenvalue weighted by molar-refractivity contribution is 5.80. The van der Waals surface area contributed by atoms with Crippen molar-refractivity contribution in [1.82, 2.24) is 9.78 Å². The fourth-order valence-electron chi connectivity index (χ4n) is 3.00. The maximum Gasteiger partial charge on any atom is 0.0831 e. The van der Waals surface area contributed by atoms with Gasteiger partial charge in [-0.25, -0.2) is 4.68 Å². The molecule has 0 saturated carbocycles. The third-order valence-electron chi connectivity index (χ3n) is 4.25. The fraction of sp³-hybridized carbons (Fsp3) is 0.0952. The molecule has 0 amide bonds. The summed E-state index contributed by atoms with van der Waals surface area (Å²) in [5.41, 5.74) is 4.05. The van der Waals surface area contributed by atoms with Crippen LogP contribution in [0.5, 0.6) is 0 Å². The topological polar surface area (TPSA) is 38.0 Å². The number of rotatable bonds is 4. The molecule has 1 N–H and O–H groups in total. The van der Waals surface area contributed by atoms with Crippen LogP contribution in [0.4, 0.5) is 0 Å². The van der Waals surface area contributed by atoms with Gasteiger partial charge in [-0.3, -0.25) is 0 Å². The predicted molar refractivity (Wildman–Crippen MR) is 96.2 cm³/mol. The largest absolute Gasteiger partial charge is 0.388 e. The summed E-state index contributed by atoms with van der Waals surface area (Å²) in [6.45, 7) is 0. The van der Waals surface area contributed by atoms with Gasteiger partial charge in [0.05, 0.1) is 23.5 Å². The zero-order valence-electron chi connectivity index (χ0n) is 13.2. The van der Waals surface area contributed by atoms with Crippen molar-refractivity contribution in [2.45, 2.75) is 12.5 Å². The smallest absolute Gasteiger partial charge is 0.0831 e. The summed E-state index contributed by atoms with van der Waals surface area (Å²) in [6.07, 6.45) is 1.93. The van der Waals surface area contributed by atoms with Crippen LogP contribution in [-0.2, 0) is 6.42 Å². The molecule has 1 unspecified atom stereocenters. The van der Waals surface area contributed by atoms with Gasteiger partial charge in [-0.05, 0) is 29.3 Å². The van der Waals surface area contributed by atoms with Crippen molar-refractivity contribution in [3.8, 4) is 5.69 Å². The minimum absolute atomic E-state index is 0.533. The van der Waals surface area contributed by atoms with Crippen LogP contribution in [-0.4, -0.2) is 14.9 Å². The quantitative estimate of drug-likeness (QED) is 0.610. The molecule has 0 saturated heterocycles. The molecule has 0 aliphatic rings. The second-order valence-electron chi connectivity index (χ2n) is 5.92. The lowest BCUT2D eigenvalue weighted by Gasteiger charge is -2.13. The molecule has 4 rings (SSSR count). The van der Waals surface area contributed by atoms with Crippen molar-refractivity contribution in [2.24, 2.45) is 0 Å². The van der Waals surface area contributed by atoms with Gasteiger partial charge in [-0.1, -0.05) is 60.7 Å². The van der Waals surface area contributed by atoms with Crippen LogP contribution in [0.15, 0.2) is 85.1 Å². The van der Waals surface area contributed by atoms with E-state index in [9.17, 15) is 5.11 Å². The van der Waals surface area contributed by atoms with Gasteiger partial charge in [0.15, 0.2) is 0 Å². The maximum absolute atomic E-state index is 10.6. The van der Waals surface area contributed by atoms with Crippen LogP contribution < -0.4 is 0 Å². The Morgan fingerprint density at radius 2 is 1.67 bits per heavy atom. The van der Waals surface area contributed by atoms with Crippen LogP contribution in [0, 0.1) is 0 Å². The molecule has 0 aliphatic carbocycles. The molecule has 3 heteroatoms. The lowest BCUT2D eigenvalue weighted by atomic mass is 10.0. The summed E-state index contributed by atoms with van der Waals surface area (Å²) in [6, 6.07) is 26.1. The molecule has 3 aromatic carbocycles. The highest BCUT2D eigenvalue weighted by atomic mass is 16.3. The van der Waals surface area contributed by atoms with Gasteiger partial charge in [-0.2, -0.15) is 5.10 Å². The van der Waals surface area contributed by atoms with Crippen LogP contribution in [0.1, 0.15) is 17.2 Å². The SMILES string of the molecule is OC(Cc1ccccc1)c1cccc(-n2ncc3ccccc32)c1. The van der Waals surface area contributed by atoms with Crippen molar-refractivity contribution in [1.29, 1.82) is 0 Å². The van der Waals surface area contributed by atoms with E-state index >= 15 is 0 Å². The van der Waals surface area contributed by atoms with E-state index in [2.05, 4.69) is 11.2 Å². The number of aliphatic hydroxyl groups is 1. The number of hydrogen-bond acceptors (Lipinski definition) is 2. The van der Waals surface area contributed by atoms with E-state index in [-0.39, 0.29) is 0 Å². The first kappa shape index (κ1) is 14.7. The average Bonchev–Trinajstić information content (AvgIpc) is 3.07. The molecule has 0 bridgehead atoms. The highest BCUT2D eigenvalue weighted by Crippen LogP contribution is 2.23. The number of aliphatic hydroxyl groups excluding tert-OH is 1. The first-order chi connectivity index (χ1) is 11.8. The van der Waals surface area contributed by atoms with Gasteiger partial charge in [0.2, 0.25) is 0 Å². The minimum atomic E-state index is -0.533. The molecule has 0 spiro atoms. The number of para-hydroxylation sites is 1. The molecule has 0 fully saturated rings.